The topological polar surface area (TPSA) is 60.9 Å². The number of hydrogen-bond donors (Lipinski definition) is 1. The molecule has 0 radical (unpaired) electrons. The average molecular weight is 325 g/mol. The molecule has 0 aliphatic carbocycles. The van der Waals surface area contributed by atoms with Crippen molar-refractivity contribution in [3.05, 3.63) is 34.9 Å². The molecule has 0 spiro atoms. The number of hydrogen-bond acceptors (Lipinski definition) is 3. The van der Waals surface area contributed by atoms with Crippen molar-refractivity contribution >= 4 is 23.4 Å². The predicted molar refractivity (Wildman–Crippen MR) is 84.6 cm³/mol. The van der Waals surface area contributed by atoms with E-state index in [2.05, 4.69) is 0 Å². The molecule has 6 heteroatoms. The molecule has 1 atom stereocenters. The summed E-state index contributed by atoms with van der Waals surface area (Å²) in [5, 5.41) is 10.6. The maximum atomic E-state index is 12.2. The summed E-state index contributed by atoms with van der Waals surface area (Å²) in [6.07, 6.45) is 0.531. The summed E-state index contributed by atoms with van der Waals surface area (Å²) < 4.78 is 0. The zero-order valence-electron chi connectivity index (χ0n) is 12.7. The fourth-order valence-corrected chi connectivity index (χ4v) is 2.75. The monoisotopic (exact) mass is 324 g/mol. The van der Waals surface area contributed by atoms with E-state index in [0.29, 0.717) is 24.5 Å². The maximum absolute atomic E-state index is 12.2. The summed E-state index contributed by atoms with van der Waals surface area (Å²) in [5.74, 6) is -0.218. The third-order valence-corrected chi connectivity index (χ3v) is 4.28. The highest BCUT2D eigenvalue weighted by Gasteiger charge is 2.23. The van der Waals surface area contributed by atoms with Crippen LogP contribution in [-0.2, 0) is 16.0 Å². The Hall–Kier alpha value is -1.59. The number of carbonyl (C=O) groups is 2. The van der Waals surface area contributed by atoms with Crippen molar-refractivity contribution in [3.63, 3.8) is 0 Å². The van der Waals surface area contributed by atoms with Gasteiger partial charge in [-0.15, -0.1) is 0 Å². The average Bonchev–Trinajstić information content (AvgIpc) is 2.91. The molecule has 0 bridgehead atoms. The Labute approximate surface area is 135 Å². The van der Waals surface area contributed by atoms with Gasteiger partial charge in [-0.1, -0.05) is 29.8 Å². The van der Waals surface area contributed by atoms with Gasteiger partial charge in [-0.2, -0.15) is 0 Å². The van der Waals surface area contributed by atoms with E-state index in [-0.39, 0.29) is 18.2 Å². The fourth-order valence-electron chi connectivity index (χ4n) is 2.54. The number of aliphatic hydroxyl groups is 1. The molecule has 1 heterocycles. The largest absolute Gasteiger partial charge is 0.383 e. The molecule has 120 valence electrons. The van der Waals surface area contributed by atoms with Gasteiger partial charge in [0.2, 0.25) is 5.91 Å². The van der Waals surface area contributed by atoms with Crippen LogP contribution in [0, 0.1) is 0 Å². The zero-order valence-corrected chi connectivity index (χ0v) is 13.4. The number of rotatable bonds is 6. The van der Waals surface area contributed by atoms with Crippen molar-refractivity contribution in [3.8, 4) is 0 Å². The minimum atomic E-state index is -1.13. The molecule has 1 aromatic carbocycles. The van der Waals surface area contributed by atoms with Crippen LogP contribution in [0.5, 0.6) is 0 Å². The molecule has 2 amide bonds. The Morgan fingerprint density at radius 3 is 2.82 bits per heavy atom. The predicted octanol–water partition coefficient (Wildman–Crippen LogP) is 1.32. The first-order valence-electron chi connectivity index (χ1n) is 7.43. The summed E-state index contributed by atoms with van der Waals surface area (Å²) in [6.45, 7) is 1.69. The molecule has 1 fully saturated rings. The lowest BCUT2D eigenvalue weighted by molar-refractivity contribution is -0.139. The van der Waals surface area contributed by atoms with Gasteiger partial charge < -0.3 is 14.9 Å². The van der Waals surface area contributed by atoms with E-state index >= 15 is 0 Å². The second kappa shape index (κ2) is 7.61. The van der Waals surface area contributed by atoms with Crippen LogP contribution in [0.25, 0.3) is 0 Å². The molecule has 1 aromatic rings. The third-order valence-electron chi connectivity index (χ3n) is 3.91. The van der Waals surface area contributed by atoms with Gasteiger partial charge in [-0.05, 0) is 18.1 Å². The van der Waals surface area contributed by atoms with Crippen LogP contribution in [0.15, 0.2) is 24.3 Å². The summed E-state index contributed by atoms with van der Waals surface area (Å²) >= 11 is 6.04. The summed E-state index contributed by atoms with van der Waals surface area (Å²) in [6, 6.07) is 7.15. The van der Waals surface area contributed by atoms with Gasteiger partial charge in [0.15, 0.2) is 0 Å². The molecular formula is C16H21ClN2O3. The first kappa shape index (κ1) is 16.8. The molecule has 22 heavy (non-hydrogen) atoms. The van der Waals surface area contributed by atoms with Crippen LogP contribution >= 0.6 is 11.6 Å². The Bertz CT molecular complexity index is 550. The van der Waals surface area contributed by atoms with Crippen LogP contribution in [0.4, 0.5) is 0 Å². The molecule has 1 aliphatic rings. The van der Waals surface area contributed by atoms with E-state index in [4.69, 9.17) is 11.6 Å². The quantitative estimate of drug-likeness (QED) is 0.858. The first-order chi connectivity index (χ1) is 10.5. The van der Waals surface area contributed by atoms with Crippen LogP contribution in [0.1, 0.15) is 18.4 Å². The molecule has 1 unspecified atom stereocenters. The first-order valence-corrected chi connectivity index (χ1v) is 7.81. The van der Waals surface area contributed by atoms with Crippen molar-refractivity contribution in [1.82, 2.24) is 9.80 Å². The number of aliphatic hydroxyl groups excluding tert-OH is 1. The van der Waals surface area contributed by atoms with Gasteiger partial charge in [-0.25, -0.2) is 0 Å². The van der Waals surface area contributed by atoms with Crippen LogP contribution in [-0.4, -0.2) is 59.5 Å². The van der Waals surface area contributed by atoms with E-state index in [1.165, 1.54) is 4.90 Å². The van der Waals surface area contributed by atoms with Gasteiger partial charge in [0, 0.05) is 44.5 Å². The lowest BCUT2D eigenvalue weighted by atomic mass is 10.1. The smallest absolute Gasteiger partial charge is 0.251 e. The standard InChI is InChI=1S/C16H21ClN2O3/c1-18(9-10-19-8-4-7-15(19)21)16(22)14(20)11-12-5-2-3-6-13(12)17/h2-3,5-6,14,20H,4,7-11H2,1H3. The zero-order chi connectivity index (χ0) is 16.1. The number of likely N-dealkylation sites (N-methyl/N-ethyl adjacent to an activating group) is 1. The van der Waals surface area contributed by atoms with E-state index in [9.17, 15) is 14.7 Å². The number of benzene rings is 1. The fraction of sp³-hybridized carbons (Fsp3) is 0.500. The number of nitrogens with zero attached hydrogens (tertiary/aromatic N) is 2. The van der Waals surface area contributed by atoms with E-state index < -0.39 is 6.10 Å². The summed E-state index contributed by atoms with van der Waals surface area (Å²) in [7, 11) is 1.64. The van der Waals surface area contributed by atoms with Crippen molar-refractivity contribution < 1.29 is 14.7 Å². The van der Waals surface area contributed by atoms with E-state index in [1.807, 2.05) is 6.07 Å². The number of carbonyl (C=O) groups excluding carboxylic acids is 2. The third kappa shape index (κ3) is 4.21. The molecule has 1 aliphatic heterocycles. The molecule has 1 N–H and O–H groups in total. The van der Waals surface area contributed by atoms with Gasteiger partial charge in [0.05, 0.1) is 0 Å². The van der Waals surface area contributed by atoms with Gasteiger partial charge in [0.1, 0.15) is 6.10 Å². The van der Waals surface area contributed by atoms with E-state index in [1.54, 1.807) is 30.1 Å². The Morgan fingerprint density at radius 1 is 1.45 bits per heavy atom. The SMILES string of the molecule is CN(CCN1CCCC1=O)C(=O)C(O)Cc1ccccc1Cl. The molecule has 2 rings (SSSR count). The lowest BCUT2D eigenvalue weighted by Gasteiger charge is -2.24. The minimum absolute atomic E-state index is 0.137. The van der Waals surface area contributed by atoms with Crippen LogP contribution in [0.2, 0.25) is 5.02 Å². The number of halogens is 1. The van der Waals surface area contributed by atoms with Crippen LogP contribution in [0.3, 0.4) is 0 Å². The van der Waals surface area contributed by atoms with E-state index in [0.717, 1.165) is 18.5 Å². The molecule has 0 saturated carbocycles. The molecule has 1 saturated heterocycles. The Balaban J connectivity index is 1.84. The summed E-state index contributed by atoms with van der Waals surface area (Å²) in [5.41, 5.74) is 0.744. The van der Waals surface area contributed by atoms with Crippen molar-refractivity contribution in [2.45, 2.75) is 25.4 Å². The molecule has 0 aromatic heterocycles. The Kier molecular flexibility index (Phi) is 5.80. The lowest BCUT2D eigenvalue weighted by Crippen LogP contribution is -2.42. The van der Waals surface area contributed by atoms with Gasteiger partial charge in [-0.3, -0.25) is 9.59 Å². The second-order valence-electron chi connectivity index (χ2n) is 5.56. The van der Waals surface area contributed by atoms with Gasteiger partial charge >= 0.3 is 0 Å². The summed E-state index contributed by atoms with van der Waals surface area (Å²) in [4.78, 5) is 26.9. The highest BCUT2D eigenvalue weighted by Crippen LogP contribution is 2.17. The molecule has 5 nitrogen and oxygen atoms in total. The normalized spacial score (nSPS) is 16.0. The maximum Gasteiger partial charge on any atom is 0.251 e. The van der Waals surface area contributed by atoms with Crippen molar-refractivity contribution in [2.24, 2.45) is 0 Å². The Morgan fingerprint density at radius 2 is 2.18 bits per heavy atom. The number of likely N-dealkylation sites (tertiary alicyclic amines) is 1. The highest BCUT2D eigenvalue weighted by atomic mass is 35.5. The van der Waals surface area contributed by atoms with Crippen molar-refractivity contribution in [2.75, 3.05) is 26.7 Å². The highest BCUT2D eigenvalue weighted by molar-refractivity contribution is 6.31. The van der Waals surface area contributed by atoms with Crippen molar-refractivity contribution in [1.29, 1.82) is 0 Å². The van der Waals surface area contributed by atoms with Crippen LogP contribution < -0.4 is 0 Å². The number of amides is 2. The minimum Gasteiger partial charge on any atom is -0.383 e. The second-order valence-corrected chi connectivity index (χ2v) is 5.96. The van der Waals surface area contributed by atoms with Gasteiger partial charge in [0.25, 0.3) is 5.91 Å². The molecular weight excluding hydrogens is 304 g/mol.